The second kappa shape index (κ2) is 6.75. The molecular formula is C17H24BrN3. The molecule has 2 rings (SSSR count). The zero-order chi connectivity index (χ0) is 15.6. The van der Waals surface area contributed by atoms with Crippen molar-refractivity contribution in [2.75, 3.05) is 0 Å². The van der Waals surface area contributed by atoms with E-state index in [2.05, 4.69) is 79.2 Å². The van der Waals surface area contributed by atoms with Crippen molar-refractivity contribution in [3.8, 4) is 5.69 Å². The Labute approximate surface area is 135 Å². The minimum absolute atomic E-state index is 0.492. The molecule has 1 aromatic heterocycles. The van der Waals surface area contributed by atoms with Crippen LogP contribution in [0.4, 0.5) is 0 Å². The largest absolute Gasteiger partial charge is 0.310 e. The standard InChI is InChI=1S/C17H24BrN3/c1-6-15-12(4)20-21(13(15)5)17-8-7-14(9-16(17)18)10-19-11(2)3/h7-9,11,19H,6,10H2,1-5H3. The highest BCUT2D eigenvalue weighted by atomic mass is 79.9. The first kappa shape index (κ1) is 16.2. The smallest absolute Gasteiger partial charge is 0.0791 e. The summed E-state index contributed by atoms with van der Waals surface area (Å²) in [4.78, 5) is 0. The summed E-state index contributed by atoms with van der Waals surface area (Å²) >= 11 is 3.69. The lowest BCUT2D eigenvalue weighted by atomic mass is 10.1. The van der Waals surface area contributed by atoms with E-state index >= 15 is 0 Å². The number of hydrogen-bond acceptors (Lipinski definition) is 2. The van der Waals surface area contributed by atoms with Gasteiger partial charge in [0.1, 0.15) is 0 Å². The van der Waals surface area contributed by atoms with E-state index in [0.717, 1.165) is 28.8 Å². The van der Waals surface area contributed by atoms with Crippen LogP contribution in [0, 0.1) is 13.8 Å². The second-order valence-electron chi connectivity index (χ2n) is 5.74. The van der Waals surface area contributed by atoms with Gasteiger partial charge in [0.15, 0.2) is 0 Å². The van der Waals surface area contributed by atoms with E-state index in [0.29, 0.717) is 6.04 Å². The van der Waals surface area contributed by atoms with Crippen molar-refractivity contribution >= 4 is 15.9 Å². The van der Waals surface area contributed by atoms with Crippen LogP contribution in [0.2, 0.25) is 0 Å². The van der Waals surface area contributed by atoms with Gasteiger partial charge < -0.3 is 5.32 Å². The Kier molecular flexibility index (Phi) is 5.22. The van der Waals surface area contributed by atoms with Gasteiger partial charge in [-0.2, -0.15) is 5.10 Å². The first-order valence-electron chi connectivity index (χ1n) is 7.51. The first-order chi connectivity index (χ1) is 9.93. The predicted octanol–water partition coefficient (Wildman–Crippen LogP) is 4.31. The van der Waals surface area contributed by atoms with E-state index in [1.165, 1.54) is 16.8 Å². The molecule has 1 heterocycles. The lowest BCUT2D eigenvalue weighted by Gasteiger charge is -2.12. The number of nitrogens with zero attached hydrogens (tertiary/aromatic N) is 2. The van der Waals surface area contributed by atoms with Crippen LogP contribution in [0.5, 0.6) is 0 Å². The molecule has 0 spiro atoms. The van der Waals surface area contributed by atoms with E-state index in [1.807, 2.05) is 4.68 Å². The molecule has 0 bridgehead atoms. The highest BCUT2D eigenvalue weighted by Gasteiger charge is 2.13. The van der Waals surface area contributed by atoms with Gasteiger partial charge in [-0.25, -0.2) is 4.68 Å². The van der Waals surface area contributed by atoms with Crippen LogP contribution in [0.25, 0.3) is 5.69 Å². The van der Waals surface area contributed by atoms with Gasteiger partial charge in [-0.15, -0.1) is 0 Å². The highest BCUT2D eigenvalue weighted by molar-refractivity contribution is 9.10. The van der Waals surface area contributed by atoms with E-state index in [4.69, 9.17) is 0 Å². The summed E-state index contributed by atoms with van der Waals surface area (Å²) in [6, 6.07) is 6.97. The molecule has 0 aliphatic carbocycles. The highest BCUT2D eigenvalue weighted by Crippen LogP contribution is 2.26. The number of aromatic nitrogens is 2. The fraction of sp³-hybridized carbons (Fsp3) is 0.471. The molecule has 21 heavy (non-hydrogen) atoms. The number of hydrogen-bond donors (Lipinski definition) is 1. The zero-order valence-electron chi connectivity index (χ0n) is 13.5. The average molecular weight is 350 g/mol. The quantitative estimate of drug-likeness (QED) is 0.871. The molecule has 4 heteroatoms. The topological polar surface area (TPSA) is 29.9 Å². The minimum Gasteiger partial charge on any atom is -0.310 e. The third-order valence-electron chi connectivity index (χ3n) is 3.75. The summed E-state index contributed by atoms with van der Waals surface area (Å²) in [6.07, 6.45) is 1.02. The van der Waals surface area contributed by atoms with Gasteiger partial charge in [0.25, 0.3) is 0 Å². The van der Waals surface area contributed by atoms with Crippen LogP contribution in [0.15, 0.2) is 22.7 Å². The Bertz CT molecular complexity index is 629. The molecule has 3 nitrogen and oxygen atoms in total. The molecular weight excluding hydrogens is 326 g/mol. The van der Waals surface area contributed by atoms with Gasteiger partial charge in [0, 0.05) is 22.8 Å². The van der Waals surface area contributed by atoms with E-state index < -0.39 is 0 Å². The van der Waals surface area contributed by atoms with Crippen molar-refractivity contribution in [2.45, 2.75) is 53.6 Å². The fourth-order valence-electron chi connectivity index (χ4n) is 2.58. The third kappa shape index (κ3) is 3.55. The van der Waals surface area contributed by atoms with Gasteiger partial charge in [0.2, 0.25) is 0 Å². The Morgan fingerprint density at radius 2 is 2.00 bits per heavy atom. The average Bonchev–Trinajstić information content (AvgIpc) is 2.71. The molecule has 0 unspecified atom stereocenters. The summed E-state index contributed by atoms with van der Waals surface area (Å²) in [7, 11) is 0. The van der Waals surface area contributed by atoms with Crippen LogP contribution in [0.3, 0.4) is 0 Å². The molecule has 1 aromatic carbocycles. The molecule has 2 aromatic rings. The van der Waals surface area contributed by atoms with Gasteiger partial charge in [-0.1, -0.05) is 26.8 Å². The van der Waals surface area contributed by atoms with Crippen LogP contribution >= 0.6 is 15.9 Å². The molecule has 0 amide bonds. The molecule has 0 fully saturated rings. The minimum atomic E-state index is 0.492. The summed E-state index contributed by atoms with van der Waals surface area (Å²) in [5, 5.41) is 8.13. The summed E-state index contributed by atoms with van der Waals surface area (Å²) in [5.74, 6) is 0. The van der Waals surface area contributed by atoms with Crippen LogP contribution in [-0.2, 0) is 13.0 Å². The van der Waals surface area contributed by atoms with Crippen LogP contribution < -0.4 is 5.32 Å². The first-order valence-corrected chi connectivity index (χ1v) is 8.30. The Morgan fingerprint density at radius 3 is 2.52 bits per heavy atom. The Balaban J connectivity index is 2.33. The second-order valence-corrected chi connectivity index (χ2v) is 6.59. The Hall–Kier alpha value is -1.13. The van der Waals surface area contributed by atoms with Gasteiger partial charge >= 0.3 is 0 Å². The van der Waals surface area contributed by atoms with Crippen LogP contribution in [0.1, 0.15) is 43.3 Å². The maximum Gasteiger partial charge on any atom is 0.0791 e. The van der Waals surface area contributed by atoms with Crippen molar-refractivity contribution in [3.05, 3.63) is 45.2 Å². The molecule has 0 atom stereocenters. The van der Waals surface area contributed by atoms with Crippen LogP contribution in [-0.4, -0.2) is 15.8 Å². The van der Waals surface area contributed by atoms with Crippen molar-refractivity contribution in [3.63, 3.8) is 0 Å². The molecule has 1 N–H and O–H groups in total. The van der Waals surface area contributed by atoms with Gasteiger partial charge in [-0.05, 0) is 59.5 Å². The summed E-state index contributed by atoms with van der Waals surface area (Å²) in [6.45, 7) is 11.6. The molecule has 114 valence electrons. The number of benzene rings is 1. The lowest BCUT2D eigenvalue weighted by Crippen LogP contribution is -2.21. The summed E-state index contributed by atoms with van der Waals surface area (Å²) < 4.78 is 3.12. The monoisotopic (exact) mass is 349 g/mol. The van der Waals surface area contributed by atoms with Crippen molar-refractivity contribution in [1.82, 2.24) is 15.1 Å². The summed E-state index contributed by atoms with van der Waals surface area (Å²) in [5.41, 5.74) is 6.06. The maximum absolute atomic E-state index is 4.69. The fourth-order valence-corrected chi connectivity index (χ4v) is 3.17. The van der Waals surface area contributed by atoms with E-state index in [9.17, 15) is 0 Å². The SMILES string of the molecule is CCc1c(C)nn(-c2ccc(CNC(C)C)cc2Br)c1C. The number of rotatable bonds is 5. The normalized spacial score (nSPS) is 11.4. The van der Waals surface area contributed by atoms with Gasteiger partial charge in [0.05, 0.1) is 11.4 Å². The lowest BCUT2D eigenvalue weighted by molar-refractivity contribution is 0.588. The number of aryl methyl sites for hydroxylation is 1. The number of nitrogens with one attached hydrogen (secondary N) is 1. The van der Waals surface area contributed by atoms with Gasteiger partial charge in [-0.3, -0.25) is 0 Å². The molecule has 0 radical (unpaired) electrons. The van der Waals surface area contributed by atoms with Crippen molar-refractivity contribution in [1.29, 1.82) is 0 Å². The van der Waals surface area contributed by atoms with E-state index in [1.54, 1.807) is 0 Å². The number of halogens is 1. The zero-order valence-corrected chi connectivity index (χ0v) is 15.1. The maximum atomic E-state index is 4.69. The Morgan fingerprint density at radius 1 is 1.29 bits per heavy atom. The molecule has 0 aliphatic rings. The molecule has 0 saturated carbocycles. The third-order valence-corrected chi connectivity index (χ3v) is 4.38. The van der Waals surface area contributed by atoms with E-state index in [-0.39, 0.29) is 0 Å². The van der Waals surface area contributed by atoms with Crippen molar-refractivity contribution < 1.29 is 0 Å². The molecule has 0 saturated heterocycles. The predicted molar refractivity (Wildman–Crippen MR) is 92.1 cm³/mol. The molecule has 0 aliphatic heterocycles. The van der Waals surface area contributed by atoms with Crippen molar-refractivity contribution in [2.24, 2.45) is 0 Å².